The molecule has 1 aliphatic carbocycles. The van der Waals surface area contributed by atoms with Gasteiger partial charge in [0, 0.05) is 32.5 Å². The van der Waals surface area contributed by atoms with E-state index in [0.29, 0.717) is 59.5 Å². The molecule has 3 aromatic carbocycles. The summed E-state index contributed by atoms with van der Waals surface area (Å²) in [5.41, 5.74) is 2.81. The van der Waals surface area contributed by atoms with Crippen molar-refractivity contribution in [3.8, 4) is 23.0 Å². The molecule has 3 aliphatic rings. The van der Waals surface area contributed by atoms with E-state index in [9.17, 15) is 30.0 Å². The summed E-state index contributed by atoms with van der Waals surface area (Å²) in [5.74, 6) is 1.10. The highest BCUT2D eigenvalue weighted by Gasteiger charge is 2.37. The maximum atomic E-state index is 13.8. The number of thioether (sulfide) groups is 4. The van der Waals surface area contributed by atoms with Gasteiger partial charge >= 0.3 is 0 Å². The second-order valence-corrected chi connectivity index (χ2v) is 17.5. The van der Waals surface area contributed by atoms with Gasteiger partial charge in [0.05, 0.1) is 19.3 Å². The highest BCUT2D eigenvalue weighted by molar-refractivity contribution is 8.30. The predicted molar refractivity (Wildman–Crippen MR) is 195 cm³/mol. The minimum atomic E-state index is -0.607. The third kappa shape index (κ3) is 5.24. The normalized spacial score (nSPS) is 18.3. The molecule has 0 unspecified atom stereocenters. The number of hydrogen-bond acceptors (Lipinski definition) is 10. The second kappa shape index (κ2) is 12.7. The molecule has 46 heavy (non-hydrogen) atoms. The van der Waals surface area contributed by atoms with E-state index in [1.165, 1.54) is 23.5 Å². The highest BCUT2D eigenvalue weighted by Crippen LogP contribution is 2.47. The number of aromatic hydroxyl groups is 4. The van der Waals surface area contributed by atoms with E-state index in [-0.39, 0.29) is 40.4 Å². The summed E-state index contributed by atoms with van der Waals surface area (Å²) in [6.07, 6.45) is 2.00. The maximum Gasteiger partial charge on any atom is 0.235 e. The van der Waals surface area contributed by atoms with Gasteiger partial charge in [0.25, 0.3) is 0 Å². The van der Waals surface area contributed by atoms with Gasteiger partial charge in [-0.05, 0) is 83.3 Å². The number of benzene rings is 3. The summed E-state index contributed by atoms with van der Waals surface area (Å²) in [5, 5.41) is 50.2. The molecule has 2 aliphatic heterocycles. The highest BCUT2D eigenvalue weighted by atomic mass is 32.2. The number of fused-ring (bicyclic) bond motifs is 2. The molecule has 0 amide bonds. The average Bonchev–Trinajstić information content (AvgIpc) is 3.01. The molecular formula is C36H38O6S4. The van der Waals surface area contributed by atoms with Crippen LogP contribution in [0.1, 0.15) is 68.7 Å². The molecule has 6 nitrogen and oxygen atoms in total. The largest absolute Gasteiger partial charge is 0.507 e. The molecule has 6 rings (SSSR count). The SMILES string of the molecule is Cc1cc2c(c(O)c1=c1c(C)cc3c(C(C)C)c(O)c(O)c(=C4SCCCS4)c3c1O)C(=C1SCCCS1)C(=O)C(=O)C=2C(C)C. The Kier molecular flexibility index (Phi) is 9.21. The number of ketones is 2. The van der Waals surface area contributed by atoms with E-state index in [4.69, 9.17) is 0 Å². The van der Waals surface area contributed by atoms with Crippen LogP contribution >= 0.6 is 47.0 Å². The molecule has 3 aromatic rings. The summed E-state index contributed by atoms with van der Waals surface area (Å²) in [4.78, 5) is 27.3. The van der Waals surface area contributed by atoms with Crippen molar-refractivity contribution in [1.82, 2.24) is 0 Å². The third-order valence-corrected chi connectivity index (χ3v) is 14.0. The van der Waals surface area contributed by atoms with Crippen LogP contribution < -0.4 is 10.4 Å². The molecule has 10 heteroatoms. The van der Waals surface area contributed by atoms with Crippen molar-refractivity contribution in [3.05, 3.63) is 59.5 Å². The number of hydrogen-bond donors (Lipinski definition) is 4. The van der Waals surface area contributed by atoms with Gasteiger partial charge in [-0.25, -0.2) is 0 Å². The van der Waals surface area contributed by atoms with Gasteiger partial charge in [0.2, 0.25) is 11.6 Å². The van der Waals surface area contributed by atoms with Crippen LogP contribution in [0.4, 0.5) is 0 Å². The van der Waals surface area contributed by atoms with Crippen LogP contribution in [0, 0.1) is 30.2 Å². The topological polar surface area (TPSA) is 115 Å². The van der Waals surface area contributed by atoms with E-state index in [1.54, 1.807) is 23.5 Å². The zero-order valence-corrected chi connectivity index (χ0v) is 30.1. The van der Waals surface area contributed by atoms with Crippen molar-refractivity contribution < 1.29 is 30.0 Å². The Labute approximate surface area is 285 Å². The minimum absolute atomic E-state index is 0.110. The lowest BCUT2D eigenvalue weighted by atomic mass is 9.81. The van der Waals surface area contributed by atoms with Crippen LogP contribution in [0.2, 0.25) is 0 Å². The molecule has 2 heterocycles. The first-order valence-corrected chi connectivity index (χ1v) is 19.5. The quantitative estimate of drug-likeness (QED) is 0.126. The lowest BCUT2D eigenvalue weighted by Gasteiger charge is -2.25. The molecule has 2 fully saturated rings. The second-order valence-electron chi connectivity index (χ2n) is 12.6. The van der Waals surface area contributed by atoms with Crippen molar-refractivity contribution >= 4 is 84.8 Å². The fraction of sp³-hybridized carbons (Fsp3) is 0.389. The standard InChI is InChI=1S/C36H38O6S4/c1-15(2)21-19-13-17(5)23(29(37)25(19)27(33(41)31(21)39)35-43-9-7-10-44-35)24-18(6)14-20-22(16(3)4)32(40)34(42)28(26(20)30(24)38)36-45-11-8-12-46-36/h13-16,37-39,41H,7-12H2,1-6H3. The molecule has 0 radical (unpaired) electrons. The Morgan fingerprint density at radius 1 is 0.630 bits per heavy atom. The minimum Gasteiger partial charge on any atom is -0.507 e. The van der Waals surface area contributed by atoms with Crippen LogP contribution in [-0.2, 0) is 9.59 Å². The lowest BCUT2D eigenvalue weighted by Crippen LogP contribution is -2.34. The first kappa shape index (κ1) is 33.2. The van der Waals surface area contributed by atoms with Crippen molar-refractivity contribution in [2.75, 3.05) is 23.0 Å². The zero-order valence-electron chi connectivity index (χ0n) is 26.8. The first-order chi connectivity index (χ1) is 21.9. The molecule has 0 bridgehead atoms. The van der Waals surface area contributed by atoms with Gasteiger partial charge in [-0.1, -0.05) is 39.8 Å². The van der Waals surface area contributed by atoms with Crippen LogP contribution in [0.3, 0.4) is 0 Å². The van der Waals surface area contributed by atoms with Gasteiger partial charge in [-0.2, -0.15) is 0 Å². The molecule has 2 saturated heterocycles. The van der Waals surface area contributed by atoms with Gasteiger partial charge in [0.15, 0.2) is 11.5 Å². The predicted octanol–water partition coefficient (Wildman–Crippen LogP) is 7.12. The van der Waals surface area contributed by atoms with Crippen molar-refractivity contribution in [3.63, 3.8) is 0 Å². The summed E-state index contributed by atoms with van der Waals surface area (Å²) in [6.45, 7) is 11.3. The van der Waals surface area contributed by atoms with Crippen molar-refractivity contribution in [1.29, 1.82) is 0 Å². The summed E-state index contributed by atoms with van der Waals surface area (Å²) >= 11 is 6.26. The summed E-state index contributed by atoms with van der Waals surface area (Å²) in [6, 6.07) is 3.77. The average molecular weight is 695 g/mol. The molecule has 0 aromatic heterocycles. The number of carbonyl (C=O) groups excluding carboxylic acids is 2. The lowest BCUT2D eigenvalue weighted by molar-refractivity contribution is -0.130. The molecule has 0 saturated carbocycles. The molecule has 242 valence electrons. The van der Waals surface area contributed by atoms with Gasteiger partial charge in [0.1, 0.15) is 11.5 Å². The number of aryl methyl sites for hydroxylation is 2. The van der Waals surface area contributed by atoms with E-state index in [1.807, 2.05) is 53.7 Å². The fourth-order valence-electron chi connectivity index (χ4n) is 6.83. The van der Waals surface area contributed by atoms with E-state index >= 15 is 0 Å². The Hall–Kier alpha value is -2.66. The van der Waals surface area contributed by atoms with Gasteiger partial charge in [-0.15, -0.1) is 47.0 Å². The van der Waals surface area contributed by atoms with E-state index < -0.39 is 11.6 Å². The monoisotopic (exact) mass is 694 g/mol. The Morgan fingerprint density at radius 2 is 1.17 bits per heavy atom. The van der Waals surface area contributed by atoms with Crippen LogP contribution in [0.25, 0.3) is 26.2 Å². The summed E-state index contributed by atoms with van der Waals surface area (Å²) < 4.78 is 1.57. The number of phenolic OH excluding ortho intramolecular Hbond substituents is 4. The van der Waals surface area contributed by atoms with Gasteiger partial charge in [-0.3, -0.25) is 9.59 Å². The molecule has 0 spiro atoms. The van der Waals surface area contributed by atoms with Crippen molar-refractivity contribution in [2.24, 2.45) is 5.92 Å². The Morgan fingerprint density at radius 3 is 1.74 bits per heavy atom. The van der Waals surface area contributed by atoms with Gasteiger partial charge < -0.3 is 20.4 Å². The van der Waals surface area contributed by atoms with E-state index in [2.05, 4.69) is 0 Å². The molecule has 0 atom stereocenters. The fourth-order valence-corrected chi connectivity index (χ4v) is 12.1. The number of Topliss-reactive ketones (excluding diaryl/α,β-unsaturated/α-hetero) is 2. The van der Waals surface area contributed by atoms with Crippen molar-refractivity contribution in [2.45, 2.75) is 60.3 Å². The van der Waals surface area contributed by atoms with E-state index in [0.717, 1.165) is 44.3 Å². The number of carbonyl (C=O) groups is 2. The maximum absolute atomic E-state index is 13.8. The molecular weight excluding hydrogens is 657 g/mol. The smallest absolute Gasteiger partial charge is 0.235 e. The summed E-state index contributed by atoms with van der Waals surface area (Å²) in [7, 11) is 0. The Bertz CT molecular complexity index is 2100. The number of allylic oxidation sites excluding steroid dienone is 1. The number of phenols is 4. The third-order valence-electron chi connectivity index (χ3n) is 8.79. The van der Waals surface area contributed by atoms with Crippen LogP contribution in [0.15, 0.2) is 16.4 Å². The van der Waals surface area contributed by atoms with Crippen LogP contribution in [0.5, 0.6) is 23.0 Å². The Balaban J connectivity index is 1.90. The number of rotatable bonds is 2. The van der Waals surface area contributed by atoms with Crippen LogP contribution in [-0.4, -0.2) is 55.0 Å². The zero-order chi connectivity index (χ0) is 33.2. The molecule has 4 N–H and O–H groups in total. The first-order valence-electron chi connectivity index (χ1n) is 15.6.